The maximum Gasteiger partial charge on any atom is 0.223 e. The van der Waals surface area contributed by atoms with E-state index in [0.29, 0.717) is 13.0 Å². The molecule has 1 unspecified atom stereocenters. The van der Waals surface area contributed by atoms with Crippen LogP contribution < -0.4 is 0 Å². The van der Waals surface area contributed by atoms with Crippen molar-refractivity contribution in [1.82, 2.24) is 4.90 Å². The van der Waals surface area contributed by atoms with Gasteiger partial charge in [-0.1, -0.05) is 6.08 Å². The number of likely N-dealkylation sites (tertiary alicyclic amines) is 1. The summed E-state index contributed by atoms with van der Waals surface area (Å²) in [6.45, 7) is 5.41. The first-order chi connectivity index (χ1) is 6.57. The molecular formula is C10H17NO3. The van der Waals surface area contributed by atoms with E-state index in [1.165, 1.54) is 0 Å². The molecule has 1 atom stereocenters. The summed E-state index contributed by atoms with van der Waals surface area (Å²) in [5.41, 5.74) is -0.838. The quantitative estimate of drug-likeness (QED) is 0.614. The standard InChI is InChI=1S/C10H17NO3/c1-3-8-4-9(14)11(5-8)10(2,6-12)7-13/h3,8,12-13H,1,4-7H2,2H3. The Labute approximate surface area is 83.8 Å². The summed E-state index contributed by atoms with van der Waals surface area (Å²) >= 11 is 0. The third kappa shape index (κ3) is 1.81. The molecule has 0 aliphatic carbocycles. The molecular weight excluding hydrogens is 182 g/mol. The van der Waals surface area contributed by atoms with E-state index in [9.17, 15) is 4.79 Å². The van der Waals surface area contributed by atoms with Crippen LogP contribution in [0.2, 0.25) is 0 Å². The van der Waals surface area contributed by atoms with Crippen molar-refractivity contribution in [3.05, 3.63) is 12.7 Å². The first-order valence-electron chi connectivity index (χ1n) is 4.72. The summed E-state index contributed by atoms with van der Waals surface area (Å²) in [6, 6.07) is 0. The highest BCUT2D eigenvalue weighted by molar-refractivity contribution is 5.79. The molecule has 0 aromatic heterocycles. The average Bonchev–Trinajstić information content (AvgIpc) is 2.59. The molecule has 0 spiro atoms. The summed E-state index contributed by atoms with van der Waals surface area (Å²) in [5, 5.41) is 18.3. The molecule has 1 aliphatic heterocycles. The van der Waals surface area contributed by atoms with E-state index in [1.807, 2.05) is 0 Å². The zero-order valence-electron chi connectivity index (χ0n) is 8.44. The van der Waals surface area contributed by atoms with Crippen LogP contribution in [0.1, 0.15) is 13.3 Å². The van der Waals surface area contributed by atoms with Gasteiger partial charge in [0.15, 0.2) is 0 Å². The minimum absolute atomic E-state index is 0.0273. The summed E-state index contributed by atoms with van der Waals surface area (Å²) in [5.74, 6) is 0.112. The van der Waals surface area contributed by atoms with Gasteiger partial charge in [0, 0.05) is 18.9 Å². The van der Waals surface area contributed by atoms with Crippen LogP contribution in [-0.2, 0) is 4.79 Å². The zero-order chi connectivity index (χ0) is 10.8. The molecule has 1 saturated heterocycles. The molecule has 1 fully saturated rings. The fraction of sp³-hybridized carbons (Fsp3) is 0.700. The number of hydrogen-bond acceptors (Lipinski definition) is 3. The minimum atomic E-state index is -0.838. The van der Waals surface area contributed by atoms with Crippen LogP contribution in [0.3, 0.4) is 0 Å². The Morgan fingerprint density at radius 3 is 2.57 bits per heavy atom. The van der Waals surface area contributed by atoms with E-state index in [1.54, 1.807) is 17.9 Å². The molecule has 4 heteroatoms. The molecule has 1 aliphatic rings. The van der Waals surface area contributed by atoms with E-state index in [4.69, 9.17) is 10.2 Å². The first-order valence-corrected chi connectivity index (χ1v) is 4.72. The third-order valence-electron chi connectivity index (χ3n) is 2.82. The van der Waals surface area contributed by atoms with Gasteiger partial charge in [-0.15, -0.1) is 6.58 Å². The number of aliphatic hydroxyl groups is 2. The lowest BCUT2D eigenvalue weighted by Gasteiger charge is -2.35. The molecule has 1 rings (SSSR count). The van der Waals surface area contributed by atoms with Crippen molar-refractivity contribution < 1.29 is 15.0 Å². The molecule has 0 bridgehead atoms. The van der Waals surface area contributed by atoms with E-state index < -0.39 is 5.54 Å². The SMILES string of the molecule is C=CC1CC(=O)N(C(C)(CO)CO)C1. The molecule has 2 N–H and O–H groups in total. The van der Waals surface area contributed by atoms with Crippen molar-refractivity contribution in [1.29, 1.82) is 0 Å². The molecule has 0 aromatic carbocycles. The molecule has 1 heterocycles. The summed E-state index contributed by atoms with van der Waals surface area (Å²) in [7, 11) is 0. The fourth-order valence-electron chi connectivity index (χ4n) is 1.64. The Hall–Kier alpha value is -0.870. The summed E-state index contributed by atoms with van der Waals surface area (Å²) in [4.78, 5) is 13.1. The van der Waals surface area contributed by atoms with Gasteiger partial charge in [0.1, 0.15) is 0 Å². The van der Waals surface area contributed by atoms with Crippen LogP contribution in [0.25, 0.3) is 0 Å². The largest absolute Gasteiger partial charge is 0.394 e. The Kier molecular flexibility index (Phi) is 3.29. The maximum atomic E-state index is 11.6. The van der Waals surface area contributed by atoms with Crippen LogP contribution in [0.4, 0.5) is 0 Å². The number of hydrogen-bond donors (Lipinski definition) is 2. The normalized spacial score (nSPS) is 22.9. The molecule has 1 amide bonds. The molecule has 0 saturated carbocycles. The highest BCUT2D eigenvalue weighted by atomic mass is 16.3. The van der Waals surface area contributed by atoms with Gasteiger partial charge in [0.05, 0.1) is 18.8 Å². The first kappa shape index (κ1) is 11.2. The van der Waals surface area contributed by atoms with Crippen molar-refractivity contribution in [3.63, 3.8) is 0 Å². The Morgan fingerprint density at radius 2 is 2.21 bits per heavy atom. The Bertz CT molecular complexity index is 236. The highest BCUT2D eigenvalue weighted by Gasteiger charge is 2.39. The van der Waals surface area contributed by atoms with E-state index in [-0.39, 0.29) is 25.0 Å². The minimum Gasteiger partial charge on any atom is -0.394 e. The van der Waals surface area contributed by atoms with Crippen LogP contribution in [0.15, 0.2) is 12.7 Å². The molecule has 14 heavy (non-hydrogen) atoms. The molecule has 0 aromatic rings. The van der Waals surface area contributed by atoms with Crippen LogP contribution in [-0.4, -0.2) is 46.3 Å². The summed E-state index contributed by atoms with van der Waals surface area (Å²) in [6.07, 6.45) is 2.17. The van der Waals surface area contributed by atoms with Gasteiger partial charge in [0.2, 0.25) is 5.91 Å². The van der Waals surface area contributed by atoms with Gasteiger partial charge >= 0.3 is 0 Å². The van der Waals surface area contributed by atoms with Crippen molar-refractivity contribution in [2.75, 3.05) is 19.8 Å². The molecule has 80 valence electrons. The lowest BCUT2D eigenvalue weighted by atomic mass is 10.0. The Balaban J connectivity index is 2.78. The number of amides is 1. The molecule has 4 nitrogen and oxygen atoms in total. The average molecular weight is 199 g/mol. The second kappa shape index (κ2) is 4.11. The third-order valence-corrected chi connectivity index (χ3v) is 2.82. The van der Waals surface area contributed by atoms with Crippen LogP contribution >= 0.6 is 0 Å². The van der Waals surface area contributed by atoms with Crippen molar-refractivity contribution >= 4 is 5.91 Å². The van der Waals surface area contributed by atoms with Crippen molar-refractivity contribution in [3.8, 4) is 0 Å². The highest BCUT2D eigenvalue weighted by Crippen LogP contribution is 2.26. The predicted molar refractivity (Wildman–Crippen MR) is 52.6 cm³/mol. The van der Waals surface area contributed by atoms with Crippen molar-refractivity contribution in [2.24, 2.45) is 5.92 Å². The van der Waals surface area contributed by atoms with E-state index in [0.717, 1.165) is 0 Å². The van der Waals surface area contributed by atoms with Gasteiger partial charge in [0.25, 0.3) is 0 Å². The topological polar surface area (TPSA) is 60.8 Å². The second-order valence-electron chi connectivity index (χ2n) is 4.02. The van der Waals surface area contributed by atoms with Gasteiger partial charge in [-0.05, 0) is 6.92 Å². The predicted octanol–water partition coefficient (Wildman–Crippen LogP) is -0.236. The Morgan fingerprint density at radius 1 is 1.64 bits per heavy atom. The second-order valence-corrected chi connectivity index (χ2v) is 4.02. The van der Waals surface area contributed by atoms with Crippen molar-refractivity contribution in [2.45, 2.75) is 18.9 Å². The maximum absolute atomic E-state index is 11.6. The number of rotatable bonds is 4. The number of nitrogens with zero attached hydrogens (tertiary/aromatic N) is 1. The molecule has 0 radical (unpaired) electrons. The lowest BCUT2D eigenvalue weighted by molar-refractivity contribution is -0.136. The van der Waals surface area contributed by atoms with Gasteiger partial charge in [-0.25, -0.2) is 0 Å². The fourth-order valence-corrected chi connectivity index (χ4v) is 1.64. The van der Waals surface area contributed by atoms with Crippen LogP contribution in [0, 0.1) is 5.92 Å². The summed E-state index contributed by atoms with van der Waals surface area (Å²) < 4.78 is 0. The monoisotopic (exact) mass is 199 g/mol. The zero-order valence-corrected chi connectivity index (χ0v) is 8.44. The van der Waals surface area contributed by atoms with E-state index >= 15 is 0 Å². The van der Waals surface area contributed by atoms with Gasteiger partial charge in [-0.2, -0.15) is 0 Å². The number of aliphatic hydroxyl groups excluding tert-OH is 2. The smallest absolute Gasteiger partial charge is 0.223 e. The number of carbonyl (C=O) groups is 1. The van der Waals surface area contributed by atoms with Crippen LogP contribution in [0.5, 0.6) is 0 Å². The number of carbonyl (C=O) groups excluding carboxylic acids is 1. The van der Waals surface area contributed by atoms with Gasteiger partial charge in [-0.3, -0.25) is 4.79 Å². The lowest BCUT2D eigenvalue weighted by Crippen LogP contribution is -2.52. The van der Waals surface area contributed by atoms with E-state index in [2.05, 4.69) is 6.58 Å². The van der Waals surface area contributed by atoms with Gasteiger partial charge < -0.3 is 15.1 Å².